The fraction of sp³-hybridized carbons (Fsp3) is 0.417. The van der Waals surface area contributed by atoms with E-state index in [0.717, 1.165) is 6.07 Å². The van der Waals surface area contributed by atoms with Crippen LogP contribution in [0.25, 0.3) is 0 Å². The van der Waals surface area contributed by atoms with Crippen molar-refractivity contribution in [2.45, 2.75) is 13.0 Å². The van der Waals surface area contributed by atoms with Crippen LogP contribution in [0.15, 0.2) is 18.2 Å². The minimum atomic E-state index is -0.885. The number of carbonyl (C=O) groups excluding carboxylic acids is 1. The average molecular weight is 240 g/mol. The summed E-state index contributed by atoms with van der Waals surface area (Å²) >= 11 is 0. The summed E-state index contributed by atoms with van der Waals surface area (Å²) in [5.41, 5.74) is 5.70. The van der Waals surface area contributed by atoms with Crippen molar-refractivity contribution in [3.63, 3.8) is 0 Å². The van der Waals surface area contributed by atoms with E-state index in [-0.39, 0.29) is 23.9 Å². The van der Waals surface area contributed by atoms with Crippen molar-refractivity contribution in [2.75, 3.05) is 13.1 Å². The molecule has 1 aromatic rings. The van der Waals surface area contributed by atoms with Gasteiger partial charge in [-0.05, 0) is 18.5 Å². The number of benzene rings is 1. The van der Waals surface area contributed by atoms with Crippen LogP contribution in [0.3, 0.4) is 0 Å². The SMILES string of the molecule is NCC1CC(=O)N(Cc2cccc(F)c2F)C1. The molecule has 2 rings (SSSR count). The van der Waals surface area contributed by atoms with E-state index in [1.807, 2.05) is 0 Å². The van der Waals surface area contributed by atoms with Crippen LogP contribution in [0.1, 0.15) is 12.0 Å². The molecule has 0 saturated carbocycles. The maximum atomic E-state index is 13.4. The first-order chi connectivity index (χ1) is 8.11. The Hall–Kier alpha value is -1.49. The molecule has 17 heavy (non-hydrogen) atoms. The molecular formula is C12H14F2N2O. The Labute approximate surface area is 98.2 Å². The molecule has 1 aromatic carbocycles. The van der Waals surface area contributed by atoms with Crippen LogP contribution >= 0.6 is 0 Å². The Morgan fingerprint density at radius 2 is 2.18 bits per heavy atom. The van der Waals surface area contributed by atoms with Crippen LogP contribution in [-0.4, -0.2) is 23.9 Å². The van der Waals surface area contributed by atoms with Crippen molar-refractivity contribution in [1.29, 1.82) is 0 Å². The van der Waals surface area contributed by atoms with Gasteiger partial charge < -0.3 is 10.6 Å². The molecule has 5 heteroatoms. The number of halogens is 2. The molecule has 3 nitrogen and oxygen atoms in total. The predicted octanol–water partition coefficient (Wildman–Crippen LogP) is 1.27. The van der Waals surface area contributed by atoms with Gasteiger partial charge in [0.1, 0.15) is 0 Å². The van der Waals surface area contributed by atoms with Crippen molar-refractivity contribution in [3.05, 3.63) is 35.4 Å². The lowest BCUT2D eigenvalue weighted by Gasteiger charge is -2.16. The van der Waals surface area contributed by atoms with Gasteiger partial charge in [0.25, 0.3) is 0 Å². The second-order valence-corrected chi connectivity index (χ2v) is 4.29. The second-order valence-electron chi connectivity index (χ2n) is 4.29. The van der Waals surface area contributed by atoms with Crippen LogP contribution in [0.4, 0.5) is 8.78 Å². The summed E-state index contributed by atoms with van der Waals surface area (Å²) in [6.07, 6.45) is 0.396. The lowest BCUT2D eigenvalue weighted by Crippen LogP contribution is -2.26. The van der Waals surface area contributed by atoms with Crippen LogP contribution in [-0.2, 0) is 11.3 Å². The molecule has 1 saturated heterocycles. The Morgan fingerprint density at radius 3 is 2.82 bits per heavy atom. The minimum Gasteiger partial charge on any atom is -0.338 e. The Kier molecular flexibility index (Phi) is 3.38. The molecule has 1 amide bonds. The summed E-state index contributed by atoms with van der Waals surface area (Å²) < 4.78 is 26.4. The van der Waals surface area contributed by atoms with Gasteiger partial charge in [-0.25, -0.2) is 8.78 Å². The quantitative estimate of drug-likeness (QED) is 0.864. The molecule has 1 heterocycles. The highest BCUT2D eigenvalue weighted by atomic mass is 19.2. The van der Waals surface area contributed by atoms with Crippen molar-refractivity contribution in [1.82, 2.24) is 4.90 Å². The number of nitrogens with zero attached hydrogens (tertiary/aromatic N) is 1. The lowest BCUT2D eigenvalue weighted by molar-refractivity contribution is -0.128. The molecular weight excluding hydrogens is 226 g/mol. The molecule has 1 unspecified atom stereocenters. The summed E-state index contributed by atoms with van der Waals surface area (Å²) in [5.74, 6) is -1.69. The lowest BCUT2D eigenvalue weighted by atomic mass is 10.1. The van der Waals surface area contributed by atoms with E-state index in [0.29, 0.717) is 19.5 Å². The molecule has 1 atom stereocenters. The molecule has 0 aromatic heterocycles. The maximum Gasteiger partial charge on any atom is 0.223 e. The van der Waals surface area contributed by atoms with Gasteiger partial charge >= 0.3 is 0 Å². The molecule has 0 bridgehead atoms. The first-order valence-electron chi connectivity index (χ1n) is 5.52. The first-order valence-corrected chi connectivity index (χ1v) is 5.52. The largest absolute Gasteiger partial charge is 0.338 e. The van der Waals surface area contributed by atoms with Crippen LogP contribution in [0.2, 0.25) is 0 Å². The third-order valence-electron chi connectivity index (χ3n) is 3.02. The van der Waals surface area contributed by atoms with Gasteiger partial charge in [0, 0.05) is 25.1 Å². The molecule has 0 aliphatic carbocycles. The van der Waals surface area contributed by atoms with E-state index in [4.69, 9.17) is 5.73 Å². The third kappa shape index (κ3) is 2.44. The van der Waals surface area contributed by atoms with Crippen molar-refractivity contribution < 1.29 is 13.6 Å². The van der Waals surface area contributed by atoms with Gasteiger partial charge in [-0.1, -0.05) is 12.1 Å². The zero-order valence-corrected chi connectivity index (χ0v) is 9.33. The summed E-state index contributed by atoms with van der Waals surface area (Å²) in [5, 5.41) is 0. The Balaban J connectivity index is 2.11. The summed E-state index contributed by atoms with van der Waals surface area (Å²) in [6.45, 7) is 1.07. The van der Waals surface area contributed by atoms with Gasteiger partial charge in [0.2, 0.25) is 5.91 Å². The predicted molar refractivity (Wildman–Crippen MR) is 58.9 cm³/mol. The molecule has 1 fully saturated rings. The Bertz CT molecular complexity index is 437. The maximum absolute atomic E-state index is 13.4. The highest BCUT2D eigenvalue weighted by Gasteiger charge is 2.29. The fourth-order valence-electron chi connectivity index (χ4n) is 2.04. The fourth-order valence-corrected chi connectivity index (χ4v) is 2.04. The highest BCUT2D eigenvalue weighted by molar-refractivity contribution is 5.78. The highest BCUT2D eigenvalue weighted by Crippen LogP contribution is 2.21. The minimum absolute atomic E-state index is 0.0517. The molecule has 2 N–H and O–H groups in total. The van der Waals surface area contributed by atoms with E-state index in [1.54, 1.807) is 0 Å². The van der Waals surface area contributed by atoms with Crippen LogP contribution in [0, 0.1) is 17.6 Å². The van der Waals surface area contributed by atoms with Crippen molar-refractivity contribution in [2.24, 2.45) is 11.7 Å². The van der Waals surface area contributed by atoms with Gasteiger partial charge in [0.05, 0.1) is 0 Å². The molecule has 1 aliphatic rings. The van der Waals surface area contributed by atoms with Crippen LogP contribution in [0.5, 0.6) is 0 Å². The standard InChI is InChI=1S/C12H14F2N2O/c13-10-3-1-2-9(12(10)14)7-16-6-8(5-15)4-11(16)17/h1-3,8H,4-7,15H2. The molecule has 92 valence electrons. The molecule has 0 radical (unpaired) electrons. The van der Waals surface area contributed by atoms with Gasteiger partial charge in [-0.3, -0.25) is 4.79 Å². The van der Waals surface area contributed by atoms with E-state index in [2.05, 4.69) is 0 Å². The summed E-state index contributed by atoms with van der Waals surface area (Å²) in [6, 6.07) is 3.99. The van der Waals surface area contributed by atoms with Gasteiger partial charge in [0.15, 0.2) is 11.6 Å². The van der Waals surface area contributed by atoms with E-state index in [1.165, 1.54) is 17.0 Å². The number of rotatable bonds is 3. The summed E-state index contributed by atoms with van der Waals surface area (Å²) in [7, 11) is 0. The average Bonchev–Trinajstić information content (AvgIpc) is 2.66. The number of amides is 1. The monoisotopic (exact) mass is 240 g/mol. The second kappa shape index (κ2) is 4.79. The van der Waals surface area contributed by atoms with E-state index >= 15 is 0 Å². The third-order valence-corrected chi connectivity index (χ3v) is 3.02. The van der Waals surface area contributed by atoms with Crippen molar-refractivity contribution >= 4 is 5.91 Å². The topological polar surface area (TPSA) is 46.3 Å². The zero-order valence-electron chi connectivity index (χ0n) is 9.33. The zero-order chi connectivity index (χ0) is 12.4. The number of hydrogen-bond donors (Lipinski definition) is 1. The smallest absolute Gasteiger partial charge is 0.223 e. The van der Waals surface area contributed by atoms with Crippen molar-refractivity contribution in [3.8, 4) is 0 Å². The number of carbonyl (C=O) groups is 1. The normalized spacial score (nSPS) is 20.1. The Morgan fingerprint density at radius 1 is 1.41 bits per heavy atom. The van der Waals surface area contributed by atoms with Gasteiger partial charge in [-0.15, -0.1) is 0 Å². The van der Waals surface area contributed by atoms with Crippen LogP contribution < -0.4 is 5.73 Å². The number of nitrogens with two attached hydrogens (primary N) is 1. The van der Waals surface area contributed by atoms with E-state index < -0.39 is 11.6 Å². The molecule has 0 spiro atoms. The summed E-state index contributed by atoms with van der Waals surface area (Å²) in [4.78, 5) is 13.1. The first kappa shape index (κ1) is 12.0. The number of hydrogen-bond acceptors (Lipinski definition) is 2. The number of likely N-dealkylation sites (tertiary alicyclic amines) is 1. The molecule has 1 aliphatic heterocycles. The van der Waals surface area contributed by atoms with E-state index in [9.17, 15) is 13.6 Å². The van der Waals surface area contributed by atoms with Gasteiger partial charge in [-0.2, -0.15) is 0 Å².